The number of alkyl carbamates (subject to hydrolysis) is 1. The molecule has 0 aromatic carbocycles. The number of rotatable bonds is 6. The molecule has 0 aromatic heterocycles. The molecule has 5 nitrogen and oxygen atoms in total. The van der Waals surface area contributed by atoms with E-state index in [0.717, 1.165) is 0 Å². The van der Waals surface area contributed by atoms with Gasteiger partial charge in [-0.15, -0.1) is 0 Å². The molecule has 0 aliphatic carbocycles. The van der Waals surface area contributed by atoms with Crippen molar-refractivity contribution < 1.29 is 19.4 Å². The van der Waals surface area contributed by atoms with E-state index in [-0.39, 0.29) is 18.8 Å². The molecule has 5 heteroatoms. The lowest BCUT2D eigenvalue weighted by atomic mass is 10.2. The number of carbonyl (C=O) groups excluding carboxylic acids is 1. The lowest BCUT2D eigenvalue weighted by molar-refractivity contribution is 0.0979. The third kappa shape index (κ3) is 6.68. The van der Waals surface area contributed by atoms with Crippen LogP contribution in [0, 0.1) is 0 Å². The molecule has 1 atom stereocenters. The first-order valence-corrected chi connectivity index (χ1v) is 4.67. The fraction of sp³-hybridized carbons (Fsp3) is 0.889. The number of carbonyl (C=O) groups is 1. The van der Waals surface area contributed by atoms with Gasteiger partial charge in [-0.2, -0.15) is 0 Å². The van der Waals surface area contributed by atoms with Gasteiger partial charge >= 0.3 is 6.09 Å². The van der Waals surface area contributed by atoms with Crippen LogP contribution >= 0.6 is 0 Å². The van der Waals surface area contributed by atoms with Crippen molar-refractivity contribution in [2.24, 2.45) is 0 Å². The number of ether oxygens (including phenoxy) is 2. The number of aliphatic hydroxyl groups excluding tert-OH is 1. The maximum absolute atomic E-state index is 11.1. The molecule has 0 rings (SSSR count). The van der Waals surface area contributed by atoms with E-state index in [1.54, 1.807) is 21.0 Å². The minimum atomic E-state index is -0.476. The zero-order valence-corrected chi connectivity index (χ0v) is 8.95. The number of nitrogens with one attached hydrogen (secondary N) is 1. The van der Waals surface area contributed by atoms with Crippen molar-refractivity contribution in [1.82, 2.24) is 5.32 Å². The molecule has 0 heterocycles. The summed E-state index contributed by atoms with van der Waals surface area (Å²) in [5.41, 5.74) is 0. The van der Waals surface area contributed by atoms with Crippen molar-refractivity contribution in [3.63, 3.8) is 0 Å². The fourth-order valence-corrected chi connectivity index (χ4v) is 0.969. The van der Waals surface area contributed by atoms with Gasteiger partial charge in [-0.3, -0.25) is 0 Å². The third-order valence-corrected chi connectivity index (χ3v) is 1.51. The van der Waals surface area contributed by atoms with E-state index >= 15 is 0 Å². The summed E-state index contributed by atoms with van der Waals surface area (Å²) in [5, 5.41) is 11.3. The molecule has 2 N–H and O–H groups in total. The summed E-state index contributed by atoms with van der Waals surface area (Å²) in [6.45, 7) is 3.93. The zero-order chi connectivity index (χ0) is 11.0. The first kappa shape index (κ1) is 13.2. The molecule has 1 unspecified atom stereocenters. The molecule has 0 aromatic rings. The lowest BCUT2D eigenvalue weighted by Crippen LogP contribution is -2.39. The van der Waals surface area contributed by atoms with Crippen LogP contribution in [0.1, 0.15) is 20.3 Å². The minimum Gasteiger partial charge on any atom is -0.447 e. The molecule has 0 aliphatic rings. The van der Waals surface area contributed by atoms with E-state index in [9.17, 15) is 4.79 Å². The Morgan fingerprint density at radius 2 is 2.14 bits per heavy atom. The maximum Gasteiger partial charge on any atom is 0.407 e. The molecule has 0 spiro atoms. The van der Waals surface area contributed by atoms with Crippen LogP contribution < -0.4 is 5.32 Å². The number of hydrogen-bond donors (Lipinski definition) is 2. The zero-order valence-electron chi connectivity index (χ0n) is 8.95. The van der Waals surface area contributed by atoms with Gasteiger partial charge in [0, 0.05) is 13.7 Å². The first-order chi connectivity index (χ1) is 6.60. The standard InChI is InChI=1S/C9H19NO4/c1-7(2)14-9(12)10-8(4-5-11)6-13-3/h7-8,11H,4-6H2,1-3H3,(H,10,12). The van der Waals surface area contributed by atoms with E-state index in [0.29, 0.717) is 13.0 Å². The summed E-state index contributed by atoms with van der Waals surface area (Å²) in [5.74, 6) is 0. The van der Waals surface area contributed by atoms with E-state index in [1.807, 2.05) is 0 Å². The lowest BCUT2D eigenvalue weighted by Gasteiger charge is -2.17. The summed E-state index contributed by atoms with van der Waals surface area (Å²) < 4.78 is 9.77. The Balaban J connectivity index is 3.82. The quantitative estimate of drug-likeness (QED) is 0.663. The van der Waals surface area contributed by atoms with Gasteiger partial charge < -0.3 is 19.9 Å². The predicted octanol–water partition coefficient (Wildman–Crippen LogP) is 0.518. The van der Waals surface area contributed by atoms with E-state index in [2.05, 4.69) is 5.32 Å². The van der Waals surface area contributed by atoms with Gasteiger partial charge in [0.05, 0.1) is 18.8 Å². The highest BCUT2D eigenvalue weighted by molar-refractivity contribution is 5.67. The van der Waals surface area contributed by atoms with Crippen LogP contribution in [-0.4, -0.2) is 43.7 Å². The van der Waals surface area contributed by atoms with Crippen LogP contribution in [0.15, 0.2) is 0 Å². The predicted molar refractivity (Wildman–Crippen MR) is 52.1 cm³/mol. The molecule has 0 radical (unpaired) electrons. The molecule has 0 bridgehead atoms. The van der Waals surface area contributed by atoms with Crippen molar-refractivity contribution in [1.29, 1.82) is 0 Å². The van der Waals surface area contributed by atoms with E-state index < -0.39 is 6.09 Å². The molecular weight excluding hydrogens is 186 g/mol. The smallest absolute Gasteiger partial charge is 0.407 e. The normalized spacial score (nSPS) is 12.6. The average molecular weight is 205 g/mol. The van der Waals surface area contributed by atoms with Crippen LogP contribution in [0.4, 0.5) is 4.79 Å². The van der Waals surface area contributed by atoms with Gasteiger partial charge in [-0.1, -0.05) is 0 Å². The molecule has 0 saturated heterocycles. The van der Waals surface area contributed by atoms with Crippen molar-refractivity contribution in [2.75, 3.05) is 20.3 Å². The Kier molecular flexibility index (Phi) is 7.14. The maximum atomic E-state index is 11.1. The Bertz CT molecular complexity index is 155. The van der Waals surface area contributed by atoms with Gasteiger partial charge in [0.25, 0.3) is 0 Å². The van der Waals surface area contributed by atoms with E-state index in [4.69, 9.17) is 14.6 Å². The van der Waals surface area contributed by atoms with Gasteiger partial charge in [0.15, 0.2) is 0 Å². The van der Waals surface area contributed by atoms with Gasteiger partial charge in [0.1, 0.15) is 0 Å². The molecular formula is C9H19NO4. The Labute approximate surface area is 84.4 Å². The number of amides is 1. The Morgan fingerprint density at radius 1 is 1.50 bits per heavy atom. The van der Waals surface area contributed by atoms with Gasteiger partial charge in [-0.05, 0) is 20.3 Å². The summed E-state index contributed by atoms with van der Waals surface area (Å²) >= 11 is 0. The molecule has 0 saturated carbocycles. The Morgan fingerprint density at radius 3 is 2.57 bits per heavy atom. The largest absolute Gasteiger partial charge is 0.447 e. The highest BCUT2D eigenvalue weighted by atomic mass is 16.6. The third-order valence-electron chi connectivity index (χ3n) is 1.51. The SMILES string of the molecule is COCC(CCO)NC(=O)OC(C)C. The van der Waals surface area contributed by atoms with Crippen molar-refractivity contribution >= 4 is 6.09 Å². The number of methoxy groups -OCH3 is 1. The molecule has 84 valence electrons. The monoisotopic (exact) mass is 205 g/mol. The van der Waals surface area contributed by atoms with Crippen molar-refractivity contribution in [2.45, 2.75) is 32.4 Å². The summed E-state index contributed by atoms with van der Waals surface area (Å²) in [4.78, 5) is 11.1. The fourth-order valence-electron chi connectivity index (χ4n) is 0.969. The first-order valence-electron chi connectivity index (χ1n) is 4.67. The molecule has 1 amide bonds. The summed E-state index contributed by atoms with van der Waals surface area (Å²) in [7, 11) is 1.54. The molecule has 14 heavy (non-hydrogen) atoms. The van der Waals surface area contributed by atoms with Crippen LogP contribution in [0.25, 0.3) is 0 Å². The van der Waals surface area contributed by atoms with Crippen LogP contribution in [0.5, 0.6) is 0 Å². The molecule has 0 fully saturated rings. The number of hydrogen-bond acceptors (Lipinski definition) is 4. The molecule has 0 aliphatic heterocycles. The van der Waals surface area contributed by atoms with Crippen molar-refractivity contribution in [3.05, 3.63) is 0 Å². The van der Waals surface area contributed by atoms with Gasteiger partial charge in [0.2, 0.25) is 0 Å². The summed E-state index contributed by atoms with van der Waals surface area (Å²) in [6.07, 6.45) is -0.163. The summed E-state index contributed by atoms with van der Waals surface area (Å²) in [6, 6.07) is -0.198. The topological polar surface area (TPSA) is 67.8 Å². The highest BCUT2D eigenvalue weighted by Crippen LogP contribution is 1.95. The minimum absolute atomic E-state index is 0.00991. The average Bonchev–Trinajstić information content (AvgIpc) is 2.03. The second-order valence-corrected chi connectivity index (χ2v) is 3.26. The van der Waals surface area contributed by atoms with Crippen LogP contribution in [-0.2, 0) is 9.47 Å². The van der Waals surface area contributed by atoms with Gasteiger partial charge in [-0.25, -0.2) is 4.79 Å². The van der Waals surface area contributed by atoms with Crippen LogP contribution in [0.3, 0.4) is 0 Å². The van der Waals surface area contributed by atoms with E-state index in [1.165, 1.54) is 0 Å². The number of aliphatic hydroxyl groups is 1. The second kappa shape index (κ2) is 7.58. The Hall–Kier alpha value is -0.810. The highest BCUT2D eigenvalue weighted by Gasteiger charge is 2.13. The second-order valence-electron chi connectivity index (χ2n) is 3.26. The van der Waals surface area contributed by atoms with Crippen molar-refractivity contribution in [3.8, 4) is 0 Å². The van der Waals surface area contributed by atoms with Crippen LogP contribution in [0.2, 0.25) is 0 Å².